The second kappa shape index (κ2) is 11.8. The van der Waals surface area contributed by atoms with Crippen LogP contribution in [0.5, 0.6) is 0 Å². The van der Waals surface area contributed by atoms with E-state index >= 15 is 0 Å². The van der Waals surface area contributed by atoms with Crippen molar-refractivity contribution in [2.75, 3.05) is 51.9 Å². The molecule has 1 saturated carbocycles. The fraction of sp³-hybridized carbons (Fsp3) is 0.944. The van der Waals surface area contributed by atoms with Crippen molar-refractivity contribution >= 4 is 39.8 Å². The molecule has 0 amide bonds. The first-order chi connectivity index (χ1) is 12.3. The fourth-order valence-corrected chi connectivity index (χ4v) is 4.77. The molecule has 1 aliphatic heterocycles. The molecule has 1 heterocycles. The lowest BCUT2D eigenvalue weighted by Crippen LogP contribution is -2.60. The predicted molar refractivity (Wildman–Crippen MR) is 122 cm³/mol. The van der Waals surface area contributed by atoms with Crippen molar-refractivity contribution in [3.63, 3.8) is 0 Å². The van der Waals surface area contributed by atoms with Crippen LogP contribution < -0.4 is 10.6 Å². The Balaban J connectivity index is 0.00000364. The molecular formula is C18H37IN4O3S. The summed E-state index contributed by atoms with van der Waals surface area (Å²) in [5.41, 5.74) is 0.176. The number of rotatable bonds is 7. The van der Waals surface area contributed by atoms with Crippen LogP contribution in [0.15, 0.2) is 4.99 Å². The van der Waals surface area contributed by atoms with Gasteiger partial charge in [0.15, 0.2) is 5.96 Å². The van der Waals surface area contributed by atoms with Gasteiger partial charge >= 0.3 is 0 Å². The first-order valence-corrected chi connectivity index (χ1v) is 11.9. The molecule has 7 nitrogen and oxygen atoms in total. The zero-order valence-corrected chi connectivity index (χ0v) is 20.1. The molecule has 160 valence electrons. The number of nitrogens with one attached hydrogen (secondary N) is 2. The summed E-state index contributed by atoms with van der Waals surface area (Å²) >= 11 is 0. The van der Waals surface area contributed by atoms with Gasteiger partial charge in [0, 0.05) is 44.5 Å². The van der Waals surface area contributed by atoms with Crippen LogP contribution in [0.4, 0.5) is 0 Å². The Morgan fingerprint density at radius 1 is 1.22 bits per heavy atom. The van der Waals surface area contributed by atoms with Crippen molar-refractivity contribution in [2.24, 2.45) is 4.99 Å². The molecule has 1 unspecified atom stereocenters. The number of sulfone groups is 1. The minimum atomic E-state index is -2.93. The molecule has 0 aromatic heterocycles. The van der Waals surface area contributed by atoms with E-state index in [0.717, 1.165) is 38.8 Å². The van der Waals surface area contributed by atoms with Gasteiger partial charge in [-0.15, -0.1) is 24.0 Å². The van der Waals surface area contributed by atoms with Gasteiger partial charge in [0.2, 0.25) is 0 Å². The van der Waals surface area contributed by atoms with E-state index in [1.54, 1.807) is 7.05 Å². The van der Waals surface area contributed by atoms with Gasteiger partial charge < -0.3 is 15.4 Å². The molecule has 0 spiro atoms. The summed E-state index contributed by atoms with van der Waals surface area (Å²) in [7, 11) is -1.17. The predicted octanol–water partition coefficient (Wildman–Crippen LogP) is 1.63. The number of ether oxygens (including phenoxy) is 1. The van der Waals surface area contributed by atoms with E-state index in [-0.39, 0.29) is 41.3 Å². The molecule has 1 aliphatic carbocycles. The van der Waals surface area contributed by atoms with Crippen LogP contribution in [0, 0.1) is 0 Å². The van der Waals surface area contributed by atoms with Gasteiger partial charge in [-0.05, 0) is 26.2 Å². The third-order valence-corrected chi connectivity index (χ3v) is 6.56. The van der Waals surface area contributed by atoms with Crippen molar-refractivity contribution in [3.05, 3.63) is 0 Å². The molecule has 2 N–H and O–H groups in total. The second-order valence-electron chi connectivity index (χ2n) is 7.77. The number of aliphatic imine (C=N–C) groups is 1. The Hall–Kier alpha value is -0.130. The average molecular weight is 516 g/mol. The van der Waals surface area contributed by atoms with Gasteiger partial charge in [0.1, 0.15) is 9.84 Å². The first-order valence-electron chi connectivity index (χ1n) is 9.82. The highest BCUT2D eigenvalue weighted by atomic mass is 127. The number of hydrogen-bond acceptors (Lipinski definition) is 5. The van der Waals surface area contributed by atoms with E-state index in [1.165, 1.54) is 38.4 Å². The molecular weight excluding hydrogens is 479 g/mol. The fourth-order valence-electron chi connectivity index (χ4n) is 3.99. The number of halogens is 1. The zero-order chi connectivity index (χ0) is 19.0. The maximum atomic E-state index is 11.4. The number of hydrogen-bond donors (Lipinski definition) is 2. The quantitative estimate of drug-likeness (QED) is 0.304. The summed E-state index contributed by atoms with van der Waals surface area (Å²) in [5, 5.41) is 6.84. The summed E-state index contributed by atoms with van der Waals surface area (Å²) in [4.78, 5) is 6.94. The van der Waals surface area contributed by atoms with Gasteiger partial charge in [0.05, 0.1) is 19.0 Å². The Morgan fingerprint density at radius 2 is 1.85 bits per heavy atom. The standard InChI is InChI=1S/C18H36N4O3S.HI/c1-16(7-14-26(3,23)24)21-17(19-2)20-15-18(8-5-4-6-9-18)22-10-12-25-13-11-22;/h16H,4-15H2,1-3H3,(H2,19,20,21);1H. The maximum Gasteiger partial charge on any atom is 0.191 e. The zero-order valence-electron chi connectivity index (χ0n) is 17.0. The molecule has 0 radical (unpaired) electrons. The Bertz CT molecular complexity index is 559. The van der Waals surface area contributed by atoms with Crippen LogP contribution in [0.1, 0.15) is 45.4 Å². The molecule has 0 aromatic carbocycles. The third-order valence-electron chi connectivity index (χ3n) is 5.58. The van der Waals surface area contributed by atoms with Crippen LogP contribution in [-0.2, 0) is 14.6 Å². The van der Waals surface area contributed by atoms with Gasteiger partial charge in [0.25, 0.3) is 0 Å². The lowest BCUT2D eigenvalue weighted by molar-refractivity contribution is -0.0352. The van der Waals surface area contributed by atoms with Crippen LogP contribution in [0.2, 0.25) is 0 Å². The van der Waals surface area contributed by atoms with Crippen LogP contribution in [0.25, 0.3) is 0 Å². The second-order valence-corrected chi connectivity index (χ2v) is 10.0. The molecule has 1 saturated heterocycles. The van der Waals surface area contributed by atoms with Gasteiger partial charge in [-0.1, -0.05) is 19.3 Å². The molecule has 2 rings (SSSR count). The number of guanidine groups is 1. The van der Waals surface area contributed by atoms with E-state index in [4.69, 9.17) is 4.74 Å². The highest BCUT2D eigenvalue weighted by Crippen LogP contribution is 2.33. The van der Waals surface area contributed by atoms with E-state index in [1.807, 2.05) is 6.92 Å². The summed E-state index contributed by atoms with van der Waals surface area (Å²) in [6, 6.07) is 0.0571. The largest absolute Gasteiger partial charge is 0.379 e. The van der Waals surface area contributed by atoms with E-state index in [2.05, 4.69) is 20.5 Å². The van der Waals surface area contributed by atoms with E-state index in [0.29, 0.717) is 6.42 Å². The normalized spacial score (nSPS) is 22.6. The van der Waals surface area contributed by atoms with Gasteiger partial charge in [-0.3, -0.25) is 9.89 Å². The summed E-state index contributed by atoms with van der Waals surface area (Å²) in [6.45, 7) is 6.49. The minimum Gasteiger partial charge on any atom is -0.379 e. The number of nitrogens with zero attached hydrogens (tertiary/aromatic N) is 2. The maximum absolute atomic E-state index is 11.4. The molecule has 27 heavy (non-hydrogen) atoms. The molecule has 9 heteroatoms. The van der Waals surface area contributed by atoms with Crippen LogP contribution >= 0.6 is 24.0 Å². The molecule has 1 atom stereocenters. The van der Waals surface area contributed by atoms with Gasteiger partial charge in [-0.25, -0.2) is 8.42 Å². The minimum absolute atomic E-state index is 0. The molecule has 0 bridgehead atoms. The lowest BCUT2D eigenvalue weighted by Gasteiger charge is -2.48. The summed E-state index contributed by atoms with van der Waals surface area (Å²) in [5.74, 6) is 0.944. The van der Waals surface area contributed by atoms with Crippen LogP contribution in [-0.4, -0.2) is 82.8 Å². The first kappa shape index (κ1) is 24.9. The molecule has 2 fully saturated rings. The summed E-state index contributed by atoms with van der Waals surface area (Å²) < 4.78 is 28.2. The smallest absolute Gasteiger partial charge is 0.191 e. The lowest BCUT2D eigenvalue weighted by atomic mass is 9.80. The van der Waals surface area contributed by atoms with Crippen molar-refractivity contribution in [1.29, 1.82) is 0 Å². The highest BCUT2D eigenvalue weighted by molar-refractivity contribution is 14.0. The Labute approximate surface area is 182 Å². The van der Waals surface area contributed by atoms with Crippen molar-refractivity contribution in [2.45, 2.75) is 57.0 Å². The highest BCUT2D eigenvalue weighted by Gasteiger charge is 2.38. The average Bonchev–Trinajstić information content (AvgIpc) is 2.64. The Morgan fingerprint density at radius 3 is 2.41 bits per heavy atom. The Kier molecular flexibility index (Phi) is 10.9. The van der Waals surface area contributed by atoms with Crippen molar-refractivity contribution in [1.82, 2.24) is 15.5 Å². The summed E-state index contributed by atoms with van der Waals surface area (Å²) in [6.07, 6.45) is 8.14. The van der Waals surface area contributed by atoms with Gasteiger partial charge in [-0.2, -0.15) is 0 Å². The SMILES string of the molecule is CN=C(NCC1(N2CCOCC2)CCCCC1)NC(C)CCS(C)(=O)=O.I. The van der Waals surface area contributed by atoms with Crippen molar-refractivity contribution in [3.8, 4) is 0 Å². The molecule has 0 aromatic rings. The van der Waals surface area contributed by atoms with Crippen molar-refractivity contribution < 1.29 is 13.2 Å². The van der Waals surface area contributed by atoms with Crippen LogP contribution in [0.3, 0.4) is 0 Å². The third kappa shape index (κ3) is 8.41. The topological polar surface area (TPSA) is 83.0 Å². The van der Waals surface area contributed by atoms with E-state index < -0.39 is 9.84 Å². The monoisotopic (exact) mass is 516 g/mol. The van der Waals surface area contributed by atoms with E-state index in [9.17, 15) is 8.42 Å². The number of morpholine rings is 1. The molecule has 2 aliphatic rings.